The second kappa shape index (κ2) is 5.15. The van der Waals surface area contributed by atoms with E-state index >= 15 is 0 Å². The van der Waals surface area contributed by atoms with Crippen LogP contribution in [0.5, 0.6) is 0 Å². The molecule has 1 aromatic heterocycles. The van der Waals surface area contributed by atoms with E-state index in [0.717, 1.165) is 0 Å². The maximum atomic E-state index is 13.1. The summed E-state index contributed by atoms with van der Waals surface area (Å²) in [5, 5.41) is 0.353. The van der Waals surface area contributed by atoms with E-state index in [4.69, 9.17) is 21.8 Å². The van der Waals surface area contributed by atoms with Gasteiger partial charge in [-0.1, -0.05) is 32.4 Å². The van der Waals surface area contributed by atoms with E-state index < -0.39 is 14.1 Å². The maximum Gasteiger partial charge on any atom is 0.192 e. The van der Waals surface area contributed by atoms with E-state index in [1.807, 2.05) is 0 Å². The first kappa shape index (κ1) is 15.4. The molecule has 18 heavy (non-hydrogen) atoms. The summed E-state index contributed by atoms with van der Waals surface area (Å²) < 4.78 is 19.1. The fourth-order valence-electron chi connectivity index (χ4n) is 1.09. The third-order valence-corrected chi connectivity index (χ3v) is 8.21. The number of pyridine rings is 1. The molecule has 0 aliphatic heterocycles. The van der Waals surface area contributed by atoms with Gasteiger partial charge in [0.15, 0.2) is 20.0 Å². The minimum atomic E-state index is -1.87. The van der Waals surface area contributed by atoms with E-state index in [-0.39, 0.29) is 22.5 Å². The molecule has 2 N–H and O–H groups in total. The van der Waals surface area contributed by atoms with Crippen molar-refractivity contribution in [2.75, 3.05) is 5.73 Å². The molecule has 3 nitrogen and oxygen atoms in total. The number of aromatic nitrogens is 1. The highest BCUT2D eigenvalue weighted by molar-refractivity contribution is 6.74. The monoisotopic (exact) mass is 290 g/mol. The smallest absolute Gasteiger partial charge is 0.192 e. The molecule has 0 unspecified atom stereocenters. The number of nitrogens with two attached hydrogens (primary N) is 1. The lowest BCUT2D eigenvalue weighted by Gasteiger charge is -2.36. The molecular formula is C12H20ClFN2OSi. The van der Waals surface area contributed by atoms with Crippen molar-refractivity contribution in [2.45, 2.75) is 45.5 Å². The van der Waals surface area contributed by atoms with E-state index in [1.54, 1.807) is 0 Å². The molecule has 0 amide bonds. The predicted octanol–water partition coefficient (Wildman–Crippen LogP) is 3.98. The van der Waals surface area contributed by atoms with Gasteiger partial charge in [0.2, 0.25) is 0 Å². The Hall–Kier alpha value is -0.653. The third-order valence-electron chi connectivity index (χ3n) is 3.41. The fraction of sp³-hybridized carbons (Fsp3) is 0.583. The Morgan fingerprint density at radius 3 is 2.50 bits per heavy atom. The summed E-state index contributed by atoms with van der Waals surface area (Å²) >= 11 is 5.92. The molecule has 102 valence electrons. The molecule has 1 heterocycles. The van der Waals surface area contributed by atoms with Gasteiger partial charge in [-0.2, -0.15) is 0 Å². The molecule has 0 saturated carbocycles. The fourth-order valence-corrected chi connectivity index (χ4v) is 2.21. The van der Waals surface area contributed by atoms with Crippen molar-refractivity contribution < 1.29 is 8.82 Å². The minimum Gasteiger partial charge on any atom is -0.411 e. The molecule has 1 aromatic rings. The van der Waals surface area contributed by atoms with Crippen LogP contribution < -0.4 is 5.73 Å². The minimum absolute atomic E-state index is 0.102. The summed E-state index contributed by atoms with van der Waals surface area (Å²) in [6.45, 7) is 11.0. The van der Waals surface area contributed by atoms with Crippen LogP contribution in [0.2, 0.25) is 23.2 Å². The van der Waals surface area contributed by atoms with Gasteiger partial charge >= 0.3 is 0 Å². The Bertz CT molecular complexity index is 446. The molecule has 0 spiro atoms. The van der Waals surface area contributed by atoms with Gasteiger partial charge in [-0.05, 0) is 24.2 Å². The first-order valence-corrected chi connectivity index (χ1v) is 9.07. The quantitative estimate of drug-likeness (QED) is 0.857. The number of halogens is 2. The maximum absolute atomic E-state index is 13.1. The van der Waals surface area contributed by atoms with Crippen LogP contribution in [-0.4, -0.2) is 13.3 Å². The summed E-state index contributed by atoms with van der Waals surface area (Å²) in [6.07, 6.45) is 0. The molecule has 0 atom stereocenters. The molecule has 0 radical (unpaired) electrons. The number of hydrogen-bond acceptors (Lipinski definition) is 3. The van der Waals surface area contributed by atoms with E-state index in [1.165, 1.54) is 6.07 Å². The first-order valence-electron chi connectivity index (χ1n) is 5.79. The van der Waals surface area contributed by atoms with Crippen LogP contribution in [0.3, 0.4) is 0 Å². The second-order valence-electron chi connectivity index (χ2n) is 5.83. The van der Waals surface area contributed by atoms with Gasteiger partial charge in [0.1, 0.15) is 0 Å². The van der Waals surface area contributed by atoms with Crippen molar-refractivity contribution >= 4 is 25.7 Å². The number of anilines is 1. The lowest BCUT2D eigenvalue weighted by Crippen LogP contribution is -2.40. The van der Waals surface area contributed by atoms with Crippen molar-refractivity contribution in [1.29, 1.82) is 0 Å². The van der Waals surface area contributed by atoms with Crippen LogP contribution in [0.4, 0.5) is 10.2 Å². The lowest BCUT2D eigenvalue weighted by atomic mass is 10.2. The van der Waals surface area contributed by atoms with Crippen molar-refractivity contribution in [2.24, 2.45) is 0 Å². The number of nitrogens with zero attached hydrogens (tertiary/aromatic N) is 1. The standard InChI is InChI=1S/C12H20ClFN2OSi/c1-12(2,3)18(4,5)17-7-10-8(13)6-9(14)11(15)16-10/h6H,7H2,1-5H3,(H2,15,16). The van der Waals surface area contributed by atoms with Gasteiger partial charge < -0.3 is 10.2 Å². The van der Waals surface area contributed by atoms with Crippen molar-refractivity contribution in [1.82, 2.24) is 4.98 Å². The van der Waals surface area contributed by atoms with Gasteiger partial charge in [0.05, 0.1) is 17.3 Å². The summed E-state index contributed by atoms with van der Waals surface area (Å²) in [5.74, 6) is -0.746. The molecule has 0 aliphatic carbocycles. The topological polar surface area (TPSA) is 48.1 Å². The summed E-state index contributed by atoms with van der Waals surface area (Å²) in [4.78, 5) is 3.93. The van der Waals surface area contributed by atoms with Crippen LogP contribution in [0.15, 0.2) is 6.07 Å². The Morgan fingerprint density at radius 2 is 2.00 bits per heavy atom. The Balaban J connectivity index is 2.85. The molecule has 0 bridgehead atoms. The zero-order valence-electron chi connectivity index (χ0n) is 11.5. The lowest BCUT2D eigenvalue weighted by molar-refractivity contribution is 0.272. The SMILES string of the molecule is CC(C)(C)[Si](C)(C)OCc1nc(N)c(F)cc1Cl. The number of rotatable bonds is 3. The van der Waals surface area contributed by atoms with Gasteiger partial charge in [-0.25, -0.2) is 9.37 Å². The molecular weight excluding hydrogens is 271 g/mol. The van der Waals surface area contributed by atoms with Gasteiger partial charge in [-0.3, -0.25) is 0 Å². The van der Waals surface area contributed by atoms with Crippen LogP contribution in [-0.2, 0) is 11.0 Å². The Kier molecular flexibility index (Phi) is 4.41. The van der Waals surface area contributed by atoms with Gasteiger partial charge in [0, 0.05) is 0 Å². The normalized spacial score (nSPS) is 12.8. The zero-order chi connectivity index (χ0) is 14.1. The first-order chi connectivity index (χ1) is 8.04. The molecule has 0 saturated heterocycles. The van der Waals surface area contributed by atoms with Gasteiger partial charge in [0.25, 0.3) is 0 Å². The van der Waals surface area contributed by atoms with Crippen LogP contribution in [0, 0.1) is 5.82 Å². The molecule has 6 heteroatoms. The molecule has 0 fully saturated rings. The van der Waals surface area contributed by atoms with Crippen LogP contribution in [0.1, 0.15) is 26.5 Å². The van der Waals surface area contributed by atoms with E-state index in [2.05, 4.69) is 38.8 Å². The van der Waals surface area contributed by atoms with Crippen molar-refractivity contribution in [3.8, 4) is 0 Å². The highest BCUT2D eigenvalue weighted by Gasteiger charge is 2.37. The predicted molar refractivity (Wildman–Crippen MR) is 75.6 cm³/mol. The molecule has 0 aliphatic rings. The number of hydrogen-bond donors (Lipinski definition) is 1. The number of nitrogen functional groups attached to an aromatic ring is 1. The average Bonchev–Trinajstić information content (AvgIpc) is 2.20. The Labute approximate surface area is 114 Å². The highest BCUT2D eigenvalue weighted by atomic mass is 35.5. The second-order valence-corrected chi connectivity index (χ2v) is 11.0. The van der Waals surface area contributed by atoms with Crippen LogP contribution in [0.25, 0.3) is 0 Å². The molecule has 1 rings (SSSR count). The summed E-state index contributed by atoms with van der Waals surface area (Å²) in [5.41, 5.74) is 5.91. The molecule has 0 aromatic carbocycles. The average molecular weight is 291 g/mol. The van der Waals surface area contributed by atoms with Crippen LogP contribution >= 0.6 is 11.6 Å². The van der Waals surface area contributed by atoms with Crippen molar-refractivity contribution in [3.05, 3.63) is 22.6 Å². The van der Waals surface area contributed by atoms with Gasteiger partial charge in [-0.15, -0.1) is 0 Å². The van der Waals surface area contributed by atoms with E-state index in [9.17, 15) is 4.39 Å². The zero-order valence-corrected chi connectivity index (χ0v) is 13.2. The largest absolute Gasteiger partial charge is 0.411 e. The summed E-state index contributed by atoms with van der Waals surface area (Å²) in [7, 11) is -1.87. The highest BCUT2D eigenvalue weighted by Crippen LogP contribution is 2.37. The third kappa shape index (κ3) is 3.43. The summed E-state index contributed by atoms with van der Waals surface area (Å²) in [6, 6.07) is 1.17. The van der Waals surface area contributed by atoms with Crippen molar-refractivity contribution in [3.63, 3.8) is 0 Å². The Morgan fingerprint density at radius 1 is 1.44 bits per heavy atom. The van der Waals surface area contributed by atoms with E-state index in [0.29, 0.717) is 5.69 Å².